The van der Waals surface area contributed by atoms with Crippen molar-refractivity contribution in [2.45, 2.75) is 26.7 Å². The van der Waals surface area contributed by atoms with Gasteiger partial charge >= 0.3 is 0 Å². The van der Waals surface area contributed by atoms with E-state index < -0.39 is 0 Å². The van der Waals surface area contributed by atoms with Crippen molar-refractivity contribution >= 4 is 22.4 Å². The smallest absolute Gasteiger partial charge is 0.264 e. The van der Waals surface area contributed by atoms with E-state index in [1.807, 2.05) is 45.0 Å². The number of hydrogen-bond acceptors (Lipinski definition) is 5. The van der Waals surface area contributed by atoms with Crippen LogP contribution >= 0.6 is 11.3 Å². The van der Waals surface area contributed by atoms with Gasteiger partial charge in [0.1, 0.15) is 10.8 Å². The molecule has 2 aromatic rings. The summed E-state index contributed by atoms with van der Waals surface area (Å²) >= 11 is 1.38. The van der Waals surface area contributed by atoms with Crippen LogP contribution in [-0.4, -0.2) is 22.7 Å². The topological polar surface area (TPSA) is 64.1 Å². The zero-order chi connectivity index (χ0) is 14.5. The minimum atomic E-state index is -0.239. The minimum absolute atomic E-state index is 0.0420. The van der Waals surface area contributed by atoms with Gasteiger partial charge in [-0.15, -0.1) is 10.2 Å². The van der Waals surface area contributed by atoms with E-state index in [0.717, 1.165) is 10.6 Å². The molecular formula is C14H17N3O2S. The van der Waals surface area contributed by atoms with Crippen LogP contribution in [0.5, 0.6) is 5.75 Å². The van der Waals surface area contributed by atoms with Gasteiger partial charge < -0.3 is 4.74 Å². The second-order valence-electron chi connectivity index (χ2n) is 4.75. The summed E-state index contributed by atoms with van der Waals surface area (Å²) in [5, 5.41) is 12.0. The standard InChI is InChI=1S/C14H17N3O2S/c1-9(2)13-16-17-14(20-13)15-12(18)8-19-11-6-4-10(3)5-7-11/h4-7,9H,8H2,1-3H3,(H,15,17,18). The number of carbonyl (C=O) groups is 1. The van der Waals surface area contributed by atoms with Gasteiger partial charge in [-0.3, -0.25) is 10.1 Å². The Morgan fingerprint density at radius 2 is 2.00 bits per heavy atom. The Bertz CT molecular complexity index is 578. The van der Waals surface area contributed by atoms with E-state index in [1.165, 1.54) is 11.3 Å². The average Bonchev–Trinajstić information content (AvgIpc) is 2.87. The molecule has 0 unspecified atom stereocenters. The lowest BCUT2D eigenvalue weighted by Gasteiger charge is -2.05. The molecule has 0 aliphatic heterocycles. The summed E-state index contributed by atoms with van der Waals surface area (Å²) in [6.07, 6.45) is 0. The first-order chi connectivity index (χ1) is 9.54. The molecule has 0 spiro atoms. The van der Waals surface area contributed by atoms with E-state index in [2.05, 4.69) is 15.5 Å². The molecule has 0 saturated heterocycles. The van der Waals surface area contributed by atoms with Crippen molar-refractivity contribution in [1.82, 2.24) is 10.2 Å². The van der Waals surface area contributed by atoms with Gasteiger partial charge in [0.25, 0.3) is 5.91 Å². The molecule has 106 valence electrons. The van der Waals surface area contributed by atoms with E-state index in [4.69, 9.17) is 4.74 Å². The number of nitrogens with one attached hydrogen (secondary N) is 1. The highest BCUT2D eigenvalue weighted by Gasteiger charge is 2.10. The van der Waals surface area contributed by atoms with Crippen LogP contribution < -0.4 is 10.1 Å². The second kappa shape index (κ2) is 6.47. The van der Waals surface area contributed by atoms with Crippen LogP contribution in [0, 0.1) is 6.92 Å². The third kappa shape index (κ3) is 4.03. The molecule has 1 amide bonds. The highest BCUT2D eigenvalue weighted by atomic mass is 32.1. The van der Waals surface area contributed by atoms with Gasteiger partial charge in [-0.1, -0.05) is 42.9 Å². The number of ether oxygens (including phenoxy) is 1. The van der Waals surface area contributed by atoms with Crippen molar-refractivity contribution in [3.05, 3.63) is 34.8 Å². The Morgan fingerprint density at radius 3 is 2.60 bits per heavy atom. The first-order valence-electron chi connectivity index (χ1n) is 6.37. The quantitative estimate of drug-likeness (QED) is 0.919. The highest BCUT2D eigenvalue weighted by molar-refractivity contribution is 7.15. The molecule has 5 nitrogen and oxygen atoms in total. The maximum atomic E-state index is 11.7. The summed E-state index contributed by atoms with van der Waals surface area (Å²) in [5.41, 5.74) is 1.15. The normalized spacial score (nSPS) is 10.6. The van der Waals surface area contributed by atoms with Crippen LogP contribution in [0.25, 0.3) is 0 Å². The predicted octanol–water partition coefficient (Wildman–Crippen LogP) is 2.99. The molecule has 2 rings (SSSR count). The molecule has 1 N–H and O–H groups in total. The van der Waals surface area contributed by atoms with Gasteiger partial charge in [-0.25, -0.2) is 0 Å². The average molecular weight is 291 g/mol. The lowest BCUT2D eigenvalue weighted by molar-refractivity contribution is -0.118. The van der Waals surface area contributed by atoms with E-state index in [9.17, 15) is 4.79 Å². The second-order valence-corrected chi connectivity index (χ2v) is 5.76. The Morgan fingerprint density at radius 1 is 1.30 bits per heavy atom. The maximum Gasteiger partial charge on any atom is 0.264 e. The van der Waals surface area contributed by atoms with E-state index in [-0.39, 0.29) is 12.5 Å². The van der Waals surface area contributed by atoms with E-state index in [1.54, 1.807) is 0 Å². The van der Waals surface area contributed by atoms with Gasteiger partial charge in [-0.05, 0) is 19.1 Å². The van der Waals surface area contributed by atoms with Crippen LogP contribution in [0.1, 0.15) is 30.3 Å². The van der Waals surface area contributed by atoms with E-state index in [0.29, 0.717) is 16.8 Å². The molecule has 20 heavy (non-hydrogen) atoms. The monoisotopic (exact) mass is 291 g/mol. The number of carbonyl (C=O) groups excluding carboxylic acids is 1. The van der Waals surface area contributed by atoms with Crippen LogP contribution in [0.3, 0.4) is 0 Å². The van der Waals surface area contributed by atoms with Crippen molar-refractivity contribution in [3.63, 3.8) is 0 Å². The summed E-state index contributed by atoms with van der Waals surface area (Å²) < 4.78 is 5.39. The van der Waals surface area contributed by atoms with Gasteiger partial charge in [-0.2, -0.15) is 0 Å². The Hall–Kier alpha value is -1.95. The molecule has 1 aromatic heterocycles. The number of nitrogens with zero attached hydrogens (tertiary/aromatic N) is 2. The maximum absolute atomic E-state index is 11.7. The number of rotatable bonds is 5. The summed E-state index contributed by atoms with van der Waals surface area (Å²) in [5.74, 6) is 0.741. The van der Waals surface area contributed by atoms with Gasteiger partial charge in [0.15, 0.2) is 6.61 Å². The van der Waals surface area contributed by atoms with Crippen molar-refractivity contribution in [3.8, 4) is 5.75 Å². The fraction of sp³-hybridized carbons (Fsp3) is 0.357. The van der Waals surface area contributed by atoms with Crippen LogP contribution in [0.4, 0.5) is 5.13 Å². The van der Waals surface area contributed by atoms with Gasteiger partial charge in [0.2, 0.25) is 5.13 Å². The Labute approximate surface area is 122 Å². The minimum Gasteiger partial charge on any atom is -0.484 e. The molecule has 0 saturated carbocycles. The number of amides is 1. The molecule has 0 aliphatic rings. The van der Waals surface area contributed by atoms with Gasteiger partial charge in [0.05, 0.1) is 0 Å². The summed E-state index contributed by atoms with van der Waals surface area (Å²) in [6.45, 7) is 6.02. The zero-order valence-corrected chi connectivity index (χ0v) is 12.5. The van der Waals surface area contributed by atoms with Crippen molar-refractivity contribution in [1.29, 1.82) is 0 Å². The predicted molar refractivity (Wildman–Crippen MR) is 79.3 cm³/mol. The lowest BCUT2D eigenvalue weighted by atomic mass is 10.2. The third-order valence-electron chi connectivity index (χ3n) is 2.57. The Kier molecular flexibility index (Phi) is 4.68. The molecule has 0 radical (unpaired) electrons. The molecule has 1 heterocycles. The van der Waals surface area contributed by atoms with Crippen molar-refractivity contribution < 1.29 is 9.53 Å². The first kappa shape index (κ1) is 14.5. The van der Waals surface area contributed by atoms with Crippen LogP contribution in [-0.2, 0) is 4.79 Å². The van der Waals surface area contributed by atoms with Crippen LogP contribution in [0.2, 0.25) is 0 Å². The molecule has 1 aromatic carbocycles. The third-order valence-corrected chi connectivity index (χ3v) is 3.71. The van der Waals surface area contributed by atoms with Crippen molar-refractivity contribution in [2.75, 3.05) is 11.9 Å². The van der Waals surface area contributed by atoms with E-state index >= 15 is 0 Å². The number of hydrogen-bond donors (Lipinski definition) is 1. The number of aryl methyl sites for hydroxylation is 1. The number of anilines is 1. The molecule has 0 fully saturated rings. The van der Waals surface area contributed by atoms with Crippen LogP contribution in [0.15, 0.2) is 24.3 Å². The molecular weight excluding hydrogens is 274 g/mol. The SMILES string of the molecule is Cc1ccc(OCC(=O)Nc2nnc(C(C)C)s2)cc1. The zero-order valence-electron chi connectivity index (χ0n) is 11.7. The summed E-state index contributed by atoms with van der Waals surface area (Å²) in [4.78, 5) is 11.7. The fourth-order valence-electron chi connectivity index (χ4n) is 1.46. The largest absolute Gasteiger partial charge is 0.484 e. The molecule has 0 aliphatic carbocycles. The summed E-state index contributed by atoms with van der Waals surface area (Å²) in [7, 11) is 0. The highest BCUT2D eigenvalue weighted by Crippen LogP contribution is 2.22. The summed E-state index contributed by atoms with van der Waals surface area (Å²) in [6, 6.07) is 7.55. The molecule has 6 heteroatoms. The Balaban J connectivity index is 1.84. The van der Waals surface area contributed by atoms with Gasteiger partial charge in [0, 0.05) is 5.92 Å². The molecule has 0 atom stereocenters. The number of benzene rings is 1. The number of aromatic nitrogens is 2. The lowest BCUT2D eigenvalue weighted by Crippen LogP contribution is -2.20. The first-order valence-corrected chi connectivity index (χ1v) is 7.19. The molecule has 0 bridgehead atoms. The van der Waals surface area contributed by atoms with Crippen molar-refractivity contribution in [2.24, 2.45) is 0 Å². The fourth-order valence-corrected chi connectivity index (χ4v) is 2.22.